The molecule has 0 fully saturated rings. The highest BCUT2D eigenvalue weighted by Gasteiger charge is 2.29. The van der Waals surface area contributed by atoms with E-state index in [1.807, 2.05) is 17.0 Å². The Hall–Kier alpha value is -1.39. The first-order valence-electron chi connectivity index (χ1n) is 5.84. The molecule has 4 nitrogen and oxygen atoms in total. The molecule has 2 N–H and O–H groups in total. The van der Waals surface area contributed by atoms with Crippen LogP contribution in [0.2, 0.25) is 0 Å². The van der Waals surface area contributed by atoms with Crippen LogP contribution in [0.4, 0.5) is 0 Å². The average molecular weight is 234 g/mol. The number of benzene rings is 1. The summed E-state index contributed by atoms with van der Waals surface area (Å²) in [5, 5.41) is 0. The van der Waals surface area contributed by atoms with Crippen LogP contribution in [0, 0.1) is 0 Å². The molecule has 1 atom stereocenters. The van der Waals surface area contributed by atoms with Crippen molar-refractivity contribution in [3.05, 3.63) is 35.4 Å². The van der Waals surface area contributed by atoms with Gasteiger partial charge in [0.2, 0.25) is 5.91 Å². The van der Waals surface area contributed by atoms with Crippen molar-refractivity contribution < 1.29 is 9.53 Å². The second kappa shape index (κ2) is 5.29. The first kappa shape index (κ1) is 12.1. The van der Waals surface area contributed by atoms with Crippen LogP contribution in [0.1, 0.15) is 17.2 Å². The largest absolute Gasteiger partial charge is 0.375 e. The second-order valence-electron chi connectivity index (χ2n) is 4.22. The molecule has 0 aromatic heterocycles. The number of nitrogens with two attached hydrogens (primary N) is 1. The summed E-state index contributed by atoms with van der Waals surface area (Å²) >= 11 is 0. The molecule has 0 radical (unpaired) electrons. The van der Waals surface area contributed by atoms with Crippen molar-refractivity contribution in [3.63, 3.8) is 0 Å². The van der Waals surface area contributed by atoms with E-state index in [2.05, 4.69) is 12.1 Å². The lowest BCUT2D eigenvalue weighted by Crippen LogP contribution is -2.44. The molecule has 2 rings (SSSR count). The number of fused-ring (bicyclic) bond motifs is 1. The summed E-state index contributed by atoms with van der Waals surface area (Å²) in [6.45, 7) is 1.30. The molecule has 1 aromatic rings. The molecule has 1 aromatic carbocycles. The Morgan fingerprint density at radius 1 is 1.53 bits per heavy atom. The van der Waals surface area contributed by atoms with Crippen LogP contribution in [0.15, 0.2) is 24.3 Å². The molecular formula is C13H18N2O2. The van der Waals surface area contributed by atoms with E-state index in [-0.39, 0.29) is 18.6 Å². The molecule has 1 heterocycles. The molecule has 0 bridgehead atoms. The van der Waals surface area contributed by atoms with E-state index in [4.69, 9.17) is 10.5 Å². The molecule has 1 unspecified atom stereocenters. The van der Waals surface area contributed by atoms with Crippen LogP contribution >= 0.6 is 0 Å². The van der Waals surface area contributed by atoms with Crippen LogP contribution < -0.4 is 5.73 Å². The summed E-state index contributed by atoms with van der Waals surface area (Å²) in [6.07, 6.45) is 0.891. The number of amides is 1. The van der Waals surface area contributed by atoms with Gasteiger partial charge in [0.15, 0.2) is 0 Å². The number of methoxy groups -OCH3 is 1. The van der Waals surface area contributed by atoms with E-state index in [1.54, 1.807) is 0 Å². The van der Waals surface area contributed by atoms with E-state index < -0.39 is 0 Å². The zero-order valence-electron chi connectivity index (χ0n) is 10.1. The van der Waals surface area contributed by atoms with Gasteiger partial charge in [-0.1, -0.05) is 24.3 Å². The Bertz CT molecular complexity index is 406. The smallest absolute Gasteiger partial charge is 0.249 e. The van der Waals surface area contributed by atoms with Gasteiger partial charge in [-0.3, -0.25) is 4.79 Å². The van der Waals surface area contributed by atoms with Gasteiger partial charge in [0, 0.05) is 20.2 Å². The van der Waals surface area contributed by atoms with Crippen LogP contribution in [0.5, 0.6) is 0 Å². The van der Waals surface area contributed by atoms with Crippen LogP contribution in [0.25, 0.3) is 0 Å². The van der Waals surface area contributed by atoms with Crippen LogP contribution in [-0.2, 0) is 16.0 Å². The third kappa shape index (κ3) is 2.33. The van der Waals surface area contributed by atoms with Crippen molar-refractivity contribution in [1.29, 1.82) is 0 Å². The highest BCUT2D eigenvalue weighted by atomic mass is 16.5. The predicted octanol–water partition coefficient (Wildman–Crippen LogP) is 0.717. The van der Waals surface area contributed by atoms with Crippen molar-refractivity contribution in [3.8, 4) is 0 Å². The number of hydrogen-bond donors (Lipinski definition) is 1. The van der Waals surface area contributed by atoms with Crippen molar-refractivity contribution in [2.45, 2.75) is 12.5 Å². The van der Waals surface area contributed by atoms with Gasteiger partial charge in [-0.05, 0) is 17.5 Å². The van der Waals surface area contributed by atoms with E-state index in [0.717, 1.165) is 13.0 Å². The van der Waals surface area contributed by atoms with Crippen molar-refractivity contribution >= 4 is 5.91 Å². The minimum Gasteiger partial charge on any atom is -0.375 e. The summed E-state index contributed by atoms with van der Waals surface area (Å²) in [5.41, 5.74) is 8.28. The molecule has 1 aliphatic rings. The van der Waals surface area contributed by atoms with E-state index in [0.29, 0.717) is 6.54 Å². The Labute approximate surface area is 101 Å². The van der Waals surface area contributed by atoms with Gasteiger partial charge in [-0.15, -0.1) is 0 Å². The zero-order valence-corrected chi connectivity index (χ0v) is 10.1. The molecule has 0 saturated carbocycles. The second-order valence-corrected chi connectivity index (χ2v) is 4.22. The lowest BCUT2D eigenvalue weighted by atomic mass is 9.92. The zero-order chi connectivity index (χ0) is 12.3. The number of rotatable bonds is 3. The molecule has 0 saturated heterocycles. The Kier molecular flexibility index (Phi) is 3.76. The summed E-state index contributed by atoms with van der Waals surface area (Å²) in [4.78, 5) is 13.7. The molecule has 17 heavy (non-hydrogen) atoms. The summed E-state index contributed by atoms with van der Waals surface area (Å²) < 4.78 is 4.91. The highest BCUT2D eigenvalue weighted by molar-refractivity contribution is 5.78. The Morgan fingerprint density at radius 3 is 3.00 bits per heavy atom. The topological polar surface area (TPSA) is 55.6 Å². The van der Waals surface area contributed by atoms with Gasteiger partial charge in [0.1, 0.15) is 6.61 Å². The quantitative estimate of drug-likeness (QED) is 0.838. The van der Waals surface area contributed by atoms with Gasteiger partial charge in [-0.2, -0.15) is 0 Å². The fourth-order valence-electron chi connectivity index (χ4n) is 2.41. The molecule has 4 heteroatoms. The molecule has 1 amide bonds. The maximum Gasteiger partial charge on any atom is 0.249 e. The fourth-order valence-corrected chi connectivity index (χ4v) is 2.41. The molecule has 92 valence electrons. The number of carbonyl (C=O) groups excluding carboxylic acids is 1. The predicted molar refractivity (Wildman–Crippen MR) is 65.5 cm³/mol. The lowest BCUT2D eigenvalue weighted by molar-refractivity contribution is -0.137. The van der Waals surface area contributed by atoms with Gasteiger partial charge in [0.25, 0.3) is 0 Å². The maximum absolute atomic E-state index is 11.9. The standard InChI is InChI=1S/C13H18N2O2/c1-17-9-13(16)15-7-6-10-4-2-3-5-11(10)12(15)8-14/h2-5,12H,6-9,14H2,1H3. The van der Waals surface area contributed by atoms with Crippen LogP contribution in [-0.4, -0.2) is 37.6 Å². The maximum atomic E-state index is 11.9. The van der Waals surface area contributed by atoms with Gasteiger partial charge < -0.3 is 15.4 Å². The Balaban J connectivity index is 2.26. The minimum atomic E-state index is -0.0115. The SMILES string of the molecule is COCC(=O)N1CCc2ccccc2C1CN. The minimum absolute atomic E-state index is 0.0115. The van der Waals surface area contributed by atoms with Gasteiger partial charge in [-0.25, -0.2) is 0 Å². The lowest BCUT2D eigenvalue weighted by Gasteiger charge is -2.36. The third-order valence-electron chi connectivity index (χ3n) is 3.22. The molecule has 0 spiro atoms. The average Bonchev–Trinajstić information content (AvgIpc) is 2.37. The monoisotopic (exact) mass is 234 g/mol. The normalized spacial score (nSPS) is 18.9. The molecule has 1 aliphatic heterocycles. The van der Waals surface area contributed by atoms with E-state index in [1.165, 1.54) is 18.2 Å². The highest BCUT2D eigenvalue weighted by Crippen LogP contribution is 2.28. The first-order chi connectivity index (χ1) is 8.27. The van der Waals surface area contributed by atoms with Gasteiger partial charge in [0.05, 0.1) is 6.04 Å². The van der Waals surface area contributed by atoms with Crippen molar-refractivity contribution in [2.24, 2.45) is 5.73 Å². The molecular weight excluding hydrogens is 216 g/mol. The van der Waals surface area contributed by atoms with Crippen LogP contribution in [0.3, 0.4) is 0 Å². The fraction of sp³-hybridized carbons (Fsp3) is 0.462. The summed E-state index contributed by atoms with van der Waals surface area (Å²) in [6, 6.07) is 8.17. The van der Waals surface area contributed by atoms with Gasteiger partial charge >= 0.3 is 0 Å². The van der Waals surface area contributed by atoms with Crippen molar-refractivity contribution in [2.75, 3.05) is 26.8 Å². The first-order valence-corrected chi connectivity index (χ1v) is 5.84. The summed E-state index contributed by atoms with van der Waals surface area (Å²) in [5.74, 6) is 0.0115. The Morgan fingerprint density at radius 2 is 2.29 bits per heavy atom. The number of hydrogen-bond acceptors (Lipinski definition) is 3. The van der Waals surface area contributed by atoms with E-state index in [9.17, 15) is 4.79 Å². The number of ether oxygens (including phenoxy) is 1. The number of carbonyl (C=O) groups is 1. The molecule has 0 aliphatic carbocycles. The van der Waals surface area contributed by atoms with Crippen molar-refractivity contribution in [1.82, 2.24) is 4.90 Å². The third-order valence-corrected chi connectivity index (χ3v) is 3.22. The number of nitrogens with zero attached hydrogens (tertiary/aromatic N) is 1. The summed E-state index contributed by atoms with van der Waals surface area (Å²) in [7, 11) is 1.53. The van der Waals surface area contributed by atoms with E-state index >= 15 is 0 Å².